The molecule has 3 aromatic heterocycles. The Morgan fingerprint density at radius 3 is 2.36 bits per heavy atom. The van der Waals surface area contributed by atoms with E-state index in [2.05, 4.69) is 31.2 Å². The highest BCUT2D eigenvalue weighted by Crippen LogP contribution is 2.42. The maximum atomic E-state index is 11.0. The van der Waals surface area contributed by atoms with Gasteiger partial charge in [-0.25, -0.2) is 4.98 Å². The van der Waals surface area contributed by atoms with E-state index in [1.54, 1.807) is 23.1 Å². The van der Waals surface area contributed by atoms with Crippen LogP contribution in [0.15, 0.2) is 59.5 Å². The lowest BCUT2D eigenvalue weighted by Gasteiger charge is -2.35. The Morgan fingerprint density at radius 2 is 1.82 bits per heavy atom. The van der Waals surface area contributed by atoms with Gasteiger partial charge in [-0.1, -0.05) is 36.4 Å². The van der Waals surface area contributed by atoms with Gasteiger partial charge in [0.2, 0.25) is 0 Å². The smallest absolute Gasteiger partial charge is 0.306 e. The Hall–Kier alpha value is -3.24. The number of H-pyrrole nitrogens is 1. The van der Waals surface area contributed by atoms with Crippen LogP contribution in [0.1, 0.15) is 43.7 Å². The van der Waals surface area contributed by atoms with Gasteiger partial charge in [0, 0.05) is 23.2 Å². The van der Waals surface area contributed by atoms with E-state index < -0.39 is 11.6 Å². The Kier molecular flexibility index (Phi) is 6.75. The lowest BCUT2D eigenvalue weighted by molar-refractivity contribution is -0.144. The molecule has 3 heterocycles. The number of hydrogen-bond acceptors (Lipinski definition) is 6. The molecule has 1 saturated carbocycles. The second kappa shape index (κ2) is 9.72. The third kappa shape index (κ3) is 5.07. The number of carboxylic acids is 1. The van der Waals surface area contributed by atoms with Crippen LogP contribution in [0, 0.1) is 0 Å². The van der Waals surface area contributed by atoms with Gasteiger partial charge in [0.05, 0.1) is 34.6 Å². The van der Waals surface area contributed by atoms with E-state index in [9.17, 15) is 9.90 Å². The summed E-state index contributed by atoms with van der Waals surface area (Å²) in [6.45, 7) is 0. The summed E-state index contributed by atoms with van der Waals surface area (Å²) in [7, 11) is 0. The molecule has 1 aromatic carbocycles. The number of fused-ring (bicyclic) bond motifs is 1. The number of aliphatic carboxylic acids is 1. The summed E-state index contributed by atoms with van der Waals surface area (Å²) in [5.41, 5.74) is 8.26. The molecule has 1 aliphatic carbocycles. The van der Waals surface area contributed by atoms with Crippen molar-refractivity contribution < 1.29 is 15.0 Å². The molecule has 9 nitrogen and oxygen atoms in total. The predicted molar refractivity (Wildman–Crippen MR) is 128 cm³/mol. The summed E-state index contributed by atoms with van der Waals surface area (Å²) >= 11 is 3.54. The summed E-state index contributed by atoms with van der Waals surface area (Å²) in [5.74, 6) is -0.450. The molecule has 0 amide bonds. The molecule has 1 fully saturated rings. The van der Waals surface area contributed by atoms with Crippen molar-refractivity contribution in [1.29, 1.82) is 0 Å². The van der Waals surface area contributed by atoms with Gasteiger partial charge >= 0.3 is 5.97 Å². The van der Waals surface area contributed by atoms with Gasteiger partial charge in [0.15, 0.2) is 5.65 Å². The number of anilines is 1. The Bertz CT molecular complexity index is 1190. The SMILES string of the molecule is Nc1c(Br)c(C2CCC(O)(CC(=O)O)CC2)nc2c(-c3cn[nH]c3)cnn12.c1ccccc1. The fraction of sp³-hybridized carbons (Fsp3) is 0.304. The monoisotopic (exact) mass is 512 g/mol. The number of nitrogens with one attached hydrogen (secondary N) is 1. The van der Waals surface area contributed by atoms with Crippen molar-refractivity contribution >= 4 is 33.4 Å². The van der Waals surface area contributed by atoms with Crippen molar-refractivity contribution in [2.45, 2.75) is 43.6 Å². The van der Waals surface area contributed by atoms with Gasteiger partial charge in [-0.3, -0.25) is 9.89 Å². The van der Waals surface area contributed by atoms with Crippen LogP contribution in [0.5, 0.6) is 0 Å². The first-order valence-corrected chi connectivity index (χ1v) is 11.4. The lowest BCUT2D eigenvalue weighted by Crippen LogP contribution is -2.36. The number of carbonyl (C=O) groups is 1. The van der Waals surface area contributed by atoms with Gasteiger partial charge in [0.25, 0.3) is 0 Å². The number of hydrogen-bond donors (Lipinski definition) is 4. The topological polar surface area (TPSA) is 142 Å². The minimum Gasteiger partial charge on any atom is -0.481 e. The van der Waals surface area contributed by atoms with Crippen LogP contribution in [-0.4, -0.2) is 46.6 Å². The summed E-state index contributed by atoms with van der Waals surface area (Å²) in [4.78, 5) is 15.8. The number of rotatable bonds is 4. The van der Waals surface area contributed by atoms with Crippen LogP contribution in [0.2, 0.25) is 0 Å². The molecule has 4 aromatic rings. The number of benzene rings is 1. The quantitative estimate of drug-likeness (QED) is 0.323. The minimum absolute atomic E-state index is 0.0767. The maximum absolute atomic E-state index is 11.0. The molecule has 0 atom stereocenters. The van der Waals surface area contributed by atoms with E-state index in [-0.39, 0.29) is 12.3 Å². The summed E-state index contributed by atoms with van der Waals surface area (Å²) in [5, 5.41) is 30.6. The van der Waals surface area contributed by atoms with E-state index in [4.69, 9.17) is 15.8 Å². The van der Waals surface area contributed by atoms with Gasteiger partial charge in [-0.05, 0) is 41.6 Å². The van der Waals surface area contributed by atoms with Crippen molar-refractivity contribution in [3.8, 4) is 11.1 Å². The van der Waals surface area contributed by atoms with Crippen LogP contribution in [-0.2, 0) is 4.79 Å². The largest absolute Gasteiger partial charge is 0.481 e. The second-order valence-corrected chi connectivity index (χ2v) is 8.99. The van der Waals surface area contributed by atoms with Crippen molar-refractivity contribution in [3.63, 3.8) is 0 Å². The molecule has 0 bridgehead atoms. The third-order valence-electron chi connectivity index (χ3n) is 5.91. The summed E-state index contributed by atoms with van der Waals surface area (Å²) in [6.07, 6.45) is 7.04. The molecule has 0 spiro atoms. The fourth-order valence-electron chi connectivity index (χ4n) is 4.16. The first-order valence-electron chi connectivity index (χ1n) is 10.6. The van der Waals surface area contributed by atoms with Gasteiger partial charge in [-0.15, -0.1) is 0 Å². The van der Waals surface area contributed by atoms with Crippen LogP contribution in [0.4, 0.5) is 5.82 Å². The molecule has 0 radical (unpaired) electrons. The Labute approximate surface area is 198 Å². The zero-order valence-corrected chi connectivity index (χ0v) is 19.4. The Balaban J connectivity index is 0.000000376. The van der Waals surface area contributed by atoms with Crippen LogP contribution in [0.3, 0.4) is 0 Å². The maximum Gasteiger partial charge on any atom is 0.306 e. The second-order valence-electron chi connectivity index (χ2n) is 8.20. The van der Waals surface area contributed by atoms with Gasteiger partial charge in [-0.2, -0.15) is 14.7 Å². The molecule has 172 valence electrons. The van der Waals surface area contributed by atoms with Gasteiger partial charge in [0.1, 0.15) is 5.82 Å². The zero-order valence-electron chi connectivity index (χ0n) is 17.9. The molecule has 1 aliphatic rings. The number of aromatic amines is 1. The highest BCUT2D eigenvalue weighted by atomic mass is 79.9. The average molecular weight is 513 g/mol. The number of halogens is 1. The summed E-state index contributed by atoms with van der Waals surface area (Å²) < 4.78 is 2.27. The standard InChI is InChI=1S/C17H19BrN6O3.C6H6/c18-13-14(9-1-3-17(27,4-2-9)5-12(25)26)23-16-11(10-6-20-21-7-10)8-22-24(16)15(13)19;1-2-4-6-5-3-1/h6-9,27H,1-5,19H2,(H,20,21)(H,25,26);1-6H. The average Bonchev–Trinajstić information content (AvgIpc) is 3.48. The molecule has 33 heavy (non-hydrogen) atoms. The number of nitrogens with two attached hydrogens (primary N) is 1. The minimum atomic E-state index is -1.15. The van der Waals surface area contributed by atoms with Crippen LogP contribution in [0.25, 0.3) is 16.8 Å². The first kappa shape index (κ1) is 22.9. The van der Waals surface area contributed by atoms with E-state index in [0.717, 1.165) is 16.8 Å². The van der Waals surface area contributed by atoms with Gasteiger partial charge < -0.3 is 15.9 Å². The molecule has 5 rings (SSSR count). The number of aliphatic hydroxyl groups is 1. The van der Waals surface area contributed by atoms with Crippen molar-refractivity contribution in [2.24, 2.45) is 0 Å². The summed E-state index contributed by atoms with van der Waals surface area (Å²) in [6, 6.07) is 12.0. The molecule has 5 N–H and O–H groups in total. The lowest BCUT2D eigenvalue weighted by atomic mass is 9.76. The van der Waals surface area contributed by atoms with Crippen LogP contribution < -0.4 is 5.73 Å². The molecule has 0 unspecified atom stereocenters. The zero-order chi connectivity index (χ0) is 23.4. The number of aromatic nitrogens is 5. The van der Waals surface area contributed by atoms with Crippen molar-refractivity contribution in [2.75, 3.05) is 5.73 Å². The highest BCUT2D eigenvalue weighted by molar-refractivity contribution is 9.10. The van der Waals surface area contributed by atoms with Crippen molar-refractivity contribution in [1.82, 2.24) is 24.8 Å². The molecule has 10 heteroatoms. The first-order chi connectivity index (χ1) is 15.9. The van der Waals surface area contributed by atoms with E-state index in [0.29, 0.717) is 41.6 Å². The van der Waals surface area contributed by atoms with E-state index in [1.807, 2.05) is 36.4 Å². The normalized spacial score (nSPS) is 20.2. The number of nitrogens with zero attached hydrogens (tertiary/aromatic N) is 4. The molecule has 0 saturated heterocycles. The molecule has 0 aliphatic heterocycles. The third-order valence-corrected chi connectivity index (χ3v) is 6.72. The highest BCUT2D eigenvalue weighted by Gasteiger charge is 2.37. The van der Waals surface area contributed by atoms with Crippen LogP contribution >= 0.6 is 15.9 Å². The van der Waals surface area contributed by atoms with E-state index >= 15 is 0 Å². The molecular formula is C23H25BrN6O3. The number of carboxylic acid groups (broad SMARTS) is 1. The fourth-order valence-corrected chi connectivity index (χ4v) is 4.74. The van der Waals surface area contributed by atoms with E-state index in [1.165, 1.54) is 0 Å². The Morgan fingerprint density at radius 1 is 1.18 bits per heavy atom. The van der Waals surface area contributed by atoms with Crippen molar-refractivity contribution in [3.05, 3.63) is 65.2 Å². The predicted octanol–water partition coefficient (Wildman–Crippen LogP) is 4.01. The molecular weight excluding hydrogens is 488 g/mol. The number of nitrogen functional groups attached to an aromatic ring is 1.